The summed E-state index contributed by atoms with van der Waals surface area (Å²) in [4.78, 5) is 0. The zero-order chi connectivity index (χ0) is 5.15. The highest BCUT2D eigenvalue weighted by Gasteiger charge is 1.86. The fourth-order valence-corrected chi connectivity index (χ4v) is 0. The molecule has 0 spiro atoms. The number of halogens is 1. The van der Waals surface area contributed by atoms with E-state index in [4.69, 9.17) is 5.41 Å². The molecule has 0 aliphatic rings. The molecule has 0 heterocycles. The van der Waals surface area contributed by atoms with Gasteiger partial charge in [-0.2, -0.15) is 0 Å². The normalized spacial score (nSPS) is 7.67. The van der Waals surface area contributed by atoms with E-state index in [9.17, 15) is 4.39 Å². The fraction of sp³-hybridized carbons (Fsp3) is 0.250. The molecule has 0 atom stereocenters. The second-order valence-electron chi connectivity index (χ2n) is 1.03. The highest BCUT2D eigenvalue weighted by Crippen LogP contribution is 1.89. The van der Waals surface area contributed by atoms with E-state index >= 15 is 0 Å². The van der Waals surface area contributed by atoms with Crippen molar-refractivity contribution in [2.45, 2.75) is 6.92 Å². The average molecular weight is 87.1 g/mol. The molecule has 0 saturated heterocycles. The van der Waals surface area contributed by atoms with Gasteiger partial charge in [0.1, 0.15) is 5.83 Å². The van der Waals surface area contributed by atoms with E-state index in [1.54, 1.807) is 0 Å². The molecular weight excluding hydrogens is 81.0 g/mol. The van der Waals surface area contributed by atoms with Gasteiger partial charge in [0, 0.05) is 0 Å². The molecule has 1 N–H and O–H groups in total. The third-order valence-electron chi connectivity index (χ3n) is 0.407. The average Bonchev–Trinajstić information content (AvgIpc) is 1.36. The van der Waals surface area contributed by atoms with Gasteiger partial charge < -0.3 is 5.41 Å². The van der Waals surface area contributed by atoms with E-state index in [0.717, 1.165) is 0 Å². The SMILES string of the molecule is C=C(F)C(C)=N. The van der Waals surface area contributed by atoms with Crippen LogP contribution in [0.5, 0.6) is 0 Å². The molecule has 0 aliphatic heterocycles. The Kier molecular flexibility index (Phi) is 1.51. The van der Waals surface area contributed by atoms with Crippen molar-refractivity contribution in [3.63, 3.8) is 0 Å². The van der Waals surface area contributed by atoms with Crippen LogP contribution in [0.2, 0.25) is 0 Å². The summed E-state index contributed by atoms with van der Waals surface area (Å²) >= 11 is 0. The van der Waals surface area contributed by atoms with E-state index in [-0.39, 0.29) is 5.71 Å². The van der Waals surface area contributed by atoms with Gasteiger partial charge in [0.25, 0.3) is 0 Å². The number of hydrogen-bond acceptors (Lipinski definition) is 1. The van der Waals surface area contributed by atoms with E-state index in [2.05, 4.69) is 6.58 Å². The maximum atomic E-state index is 11.4. The monoisotopic (exact) mass is 87.0 g/mol. The Morgan fingerprint density at radius 3 is 2.00 bits per heavy atom. The van der Waals surface area contributed by atoms with Crippen LogP contribution in [0.1, 0.15) is 6.92 Å². The first-order valence-corrected chi connectivity index (χ1v) is 1.54. The maximum absolute atomic E-state index is 11.4. The van der Waals surface area contributed by atoms with Crippen LogP contribution < -0.4 is 0 Å². The Balaban J connectivity index is 3.57. The molecule has 0 radical (unpaired) electrons. The molecular formula is C4H6FN. The Hall–Kier alpha value is -0.660. The van der Waals surface area contributed by atoms with Gasteiger partial charge >= 0.3 is 0 Å². The van der Waals surface area contributed by atoms with Gasteiger partial charge in [0.2, 0.25) is 0 Å². The first-order valence-electron chi connectivity index (χ1n) is 1.54. The van der Waals surface area contributed by atoms with E-state index in [1.165, 1.54) is 6.92 Å². The van der Waals surface area contributed by atoms with Crippen molar-refractivity contribution in [1.29, 1.82) is 5.41 Å². The third kappa shape index (κ3) is 1.64. The fourth-order valence-electron chi connectivity index (χ4n) is 0. The van der Waals surface area contributed by atoms with Crippen LogP contribution in [0.15, 0.2) is 12.4 Å². The lowest BCUT2D eigenvalue weighted by atomic mass is 10.4. The molecule has 6 heavy (non-hydrogen) atoms. The standard InChI is InChI=1S/C4H6FN/c1-3(5)4(2)6/h6H,1H2,2H3. The molecule has 0 saturated carbocycles. The van der Waals surface area contributed by atoms with Crippen molar-refractivity contribution in [2.75, 3.05) is 0 Å². The Bertz CT molecular complexity index is 73.5. The molecule has 0 aromatic heterocycles. The lowest BCUT2D eigenvalue weighted by Gasteiger charge is -1.80. The van der Waals surface area contributed by atoms with Crippen molar-refractivity contribution in [3.05, 3.63) is 12.4 Å². The van der Waals surface area contributed by atoms with Crippen LogP contribution in [0.3, 0.4) is 0 Å². The molecule has 0 rings (SSSR count). The molecule has 0 aromatic rings. The van der Waals surface area contributed by atoms with Crippen molar-refractivity contribution >= 4 is 5.71 Å². The molecule has 0 fully saturated rings. The number of allylic oxidation sites excluding steroid dienone is 1. The Morgan fingerprint density at radius 2 is 2.00 bits per heavy atom. The minimum atomic E-state index is -0.657. The summed E-state index contributed by atoms with van der Waals surface area (Å²) in [5.41, 5.74) is -0.102. The topological polar surface area (TPSA) is 23.9 Å². The van der Waals surface area contributed by atoms with Crippen LogP contribution >= 0.6 is 0 Å². The first kappa shape index (κ1) is 5.34. The predicted molar refractivity (Wildman–Crippen MR) is 23.6 cm³/mol. The zero-order valence-corrected chi connectivity index (χ0v) is 3.59. The molecule has 1 nitrogen and oxygen atoms in total. The second kappa shape index (κ2) is 1.70. The molecule has 0 aromatic carbocycles. The second-order valence-corrected chi connectivity index (χ2v) is 1.03. The summed E-state index contributed by atoms with van der Waals surface area (Å²) in [7, 11) is 0. The summed E-state index contributed by atoms with van der Waals surface area (Å²) in [6, 6.07) is 0. The van der Waals surface area contributed by atoms with Crippen molar-refractivity contribution in [1.82, 2.24) is 0 Å². The molecule has 0 amide bonds. The molecule has 2 heteroatoms. The third-order valence-corrected chi connectivity index (χ3v) is 0.407. The van der Waals surface area contributed by atoms with Gasteiger partial charge in [-0.15, -0.1) is 0 Å². The van der Waals surface area contributed by atoms with Gasteiger partial charge in [-0.25, -0.2) is 4.39 Å². The quantitative estimate of drug-likeness (QED) is 0.469. The summed E-state index contributed by atoms with van der Waals surface area (Å²) < 4.78 is 11.4. The molecule has 0 aliphatic carbocycles. The highest BCUT2D eigenvalue weighted by atomic mass is 19.1. The smallest absolute Gasteiger partial charge is 0.136 e. The minimum absolute atomic E-state index is 0.102. The summed E-state index contributed by atoms with van der Waals surface area (Å²) in [6.45, 7) is 4.21. The van der Waals surface area contributed by atoms with Gasteiger partial charge in [-0.3, -0.25) is 0 Å². The molecule has 0 bridgehead atoms. The van der Waals surface area contributed by atoms with Gasteiger partial charge in [-0.1, -0.05) is 6.58 Å². The van der Waals surface area contributed by atoms with E-state index in [0.29, 0.717) is 0 Å². The first-order chi connectivity index (χ1) is 2.64. The van der Waals surface area contributed by atoms with Crippen LogP contribution in [0.4, 0.5) is 4.39 Å². The number of hydrogen-bond donors (Lipinski definition) is 1. The van der Waals surface area contributed by atoms with Crippen molar-refractivity contribution < 1.29 is 4.39 Å². The van der Waals surface area contributed by atoms with Crippen molar-refractivity contribution in [2.24, 2.45) is 0 Å². The Labute approximate surface area is 36.0 Å². The number of nitrogens with one attached hydrogen (secondary N) is 1. The van der Waals surface area contributed by atoms with Gasteiger partial charge in [0.15, 0.2) is 0 Å². The lowest BCUT2D eigenvalue weighted by Crippen LogP contribution is -1.83. The van der Waals surface area contributed by atoms with E-state index in [1.807, 2.05) is 0 Å². The summed E-state index contributed by atoms with van der Waals surface area (Å²) in [5.74, 6) is -0.657. The lowest BCUT2D eigenvalue weighted by molar-refractivity contribution is 0.683. The van der Waals surface area contributed by atoms with Crippen LogP contribution in [-0.4, -0.2) is 5.71 Å². The number of rotatable bonds is 1. The summed E-state index contributed by atoms with van der Waals surface area (Å²) in [6.07, 6.45) is 0. The Morgan fingerprint density at radius 1 is 1.83 bits per heavy atom. The molecule has 0 unspecified atom stereocenters. The van der Waals surface area contributed by atoms with Gasteiger partial charge in [0.05, 0.1) is 5.71 Å². The maximum Gasteiger partial charge on any atom is 0.136 e. The largest absolute Gasteiger partial charge is 0.303 e. The minimum Gasteiger partial charge on any atom is -0.303 e. The van der Waals surface area contributed by atoms with Crippen LogP contribution in [-0.2, 0) is 0 Å². The van der Waals surface area contributed by atoms with E-state index < -0.39 is 5.83 Å². The summed E-state index contributed by atoms with van der Waals surface area (Å²) in [5, 5.41) is 6.47. The van der Waals surface area contributed by atoms with Crippen LogP contribution in [0.25, 0.3) is 0 Å². The predicted octanol–water partition coefficient (Wildman–Crippen LogP) is 1.51. The zero-order valence-electron chi connectivity index (χ0n) is 3.59. The van der Waals surface area contributed by atoms with Crippen LogP contribution in [0, 0.1) is 5.41 Å². The van der Waals surface area contributed by atoms with Crippen molar-refractivity contribution in [3.8, 4) is 0 Å². The molecule has 34 valence electrons. The van der Waals surface area contributed by atoms with Gasteiger partial charge in [-0.05, 0) is 6.92 Å². The highest BCUT2D eigenvalue weighted by molar-refractivity contribution is 5.92.